The van der Waals surface area contributed by atoms with E-state index in [0.717, 1.165) is 37.4 Å². The normalized spacial score (nSPS) is 17.7. The van der Waals surface area contributed by atoms with Crippen molar-refractivity contribution in [2.75, 3.05) is 13.6 Å². The fourth-order valence-corrected chi connectivity index (χ4v) is 4.63. The van der Waals surface area contributed by atoms with Crippen LogP contribution in [0.4, 0.5) is 4.39 Å². The topological polar surface area (TPSA) is 46.2 Å². The maximum atomic E-state index is 13.4. The smallest absolute Gasteiger partial charge is 0.206 e. The molecule has 2 aromatic carbocycles. The Morgan fingerprint density at radius 2 is 1.96 bits per heavy atom. The number of sulfone groups is 1. The molecule has 0 fully saturated rings. The summed E-state index contributed by atoms with van der Waals surface area (Å²) in [6.07, 6.45) is 3.06. The molecule has 0 saturated heterocycles. The molecular formula is C18H20FNO2S. The number of aryl methyl sites for hydroxylation is 1. The lowest BCUT2D eigenvalue weighted by atomic mass is 9.83. The van der Waals surface area contributed by atoms with Crippen molar-refractivity contribution in [3.05, 3.63) is 59.4 Å². The molecule has 1 unspecified atom stereocenters. The number of hydrogen-bond donors (Lipinski definition) is 1. The van der Waals surface area contributed by atoms with Gasteiger partial charge in [0.25, 0.3) is 0 Å². The van der Waals surface area contributed by atoms with Crippen LogP contribution in [-0.4, -0.2) is 22.0 Å². The van der Waals surface area contributed by atoms with E-state index in [1.807, 2.05) is 13.1 Å². The zero-order valence-corrected chi connectivity index (χ0v) is 13.9. The van der Waals surface area contributed by atoms with Gasteiger partial charge in [0.2, 0.25) is 9.84 Å². The van der Waals surface area contributed by atoms with E-state index in [-0.39, 0.29) is 9.79 Å². The molecule has 0 saturated carbocycles. The van der Waals surface area contributed by atoms with E-state index in [0.29, 0.717) is 5.92 Å². The first-order valence-electron chi connectivity index (χ1n) is 7.80. The SMILES string of the molecule is CNCC1CCCc2cc(S(=O)(=O)c3cccc(F)c3)ccc21. The van der Waals surface area contributed by atoms with E-state index in [9.17, 15) is 12.8 Å². The lowest BCUT2D eigenvalue weighted by Crippen LogP contribution is -2.21. The molecule has 0 bridgehead atoms. The Bertz CT molecular complexity index is 818. The van der Waals surface area contributed by atoms with Gasteiger partial charge in [0.05, 0.1) is 9.79 Å². The van der Waals surface area contributed by atoms with Gasteiger partial charge in [-0.05, 0) is 73.7 Å². The van der Waals surface area contributed by atoms with Crippen molar-refractivity contribution in [1.82, 2.24) is 5.32 Å². The molecule has 0 heterocycles. The summed E-state index contributed by atoms with van der Waals surface area (Å²) in [4.78, 5) is 0.243. The van der Waals surface area contributed by atoms with Gasteiger partial charge in [-0.2, -0.15) is 0 Å². The maximum Gasteiger partial charge on any atom is 0.206 e. The zero-order valence-electron chi connectivity index (χ0n) is 13.0. The fraction of sp³-hybridized carbons (Fsp3) is 0.333. The third kappa shape index (κ3) is 3.16. The second kappa shape index (κ2) is 6.42. The van der Waals surface area contributed by atoms with Gasteiger partial charge in [0.15, 0.2) is 0 Å². The van der Waals surface area contributed by atoms with Crippen molar-refractivity contribution in [2.45, 2.75) is 35.0 Å². The van der Waals surface area contributed by atoms with Crippen LogP contribution in [0.5, 0.6) is 0 Å². The standard InChI is InChI=1S/C18H20FNO2S/c1-20-12-14-5-2-4-13-10-17(8-9-18(13)14)23(21,22)16-7-3-6-15(19)11-16/h3,6-11,14,20H,2,4-5,12H2,1H3. The number of nitrogens with one attached hydrogen (secondary N) is 1. The van der Waals surface area contributed by atoms with Crippen LogP contribution < -0.4 is 5.32 Å². The predicted octanol–water partition coefficient (Wildman–Crippen LogP) is 3.30. The van der Waals surface area contributed by atoms with E-state index in [2.05, 4.69) is 5.32 Å². The van der Waals surface area contributed by atoms with Crippen LogP contribution in [0.3, 0.4) is 0 Å². The minimum absolute atomic E-state index is 0.0000318. The first kappa shape index (κ1) is 16.1. The van der Waals surface area contributed by atoms with Gasteiger partial charge in [-0.15, -0.1) is 0 Å². The molecule has 2 aromatic rings. The summed E-state index contributed by atoms with van der Waals surface area (Å²) >= 11 is 0. The van der Waals surface area contributed by atoms with Gasteiger partial charge >= 0.3 is 0 Å². The van der Waals surface area contributed by atoms with Gasteiger partial charge in [-0.3, -0.25) is 0 Å². The fourth-order valence-electron chi connectivity index (χ4n) is 3.29. The highest BCUT2D eigenvalue weighted by Gasteiger charge is 2.24. The largest absolute Gasteiger partial charge is 0.319 e. The first-order chi connectivity index (χ1) is 11.0. The molecule has 3 nitrogen and oxygen atoms in total. The molecule has 1 aliphatic rings. The summed E-state index contributed by atoms with van der Waals surface area (Å²) in [5.74, 6) is -0.118. The Morgan fingerprint density at radius 1 is 1.17 bits per heavy atom. The highest BCUT2D eigenvalue weighted by molar-refractivity contribution is 7.91. The third-order valence-electron chi connectivity index (χ3n) is 4.42. The predicted molar refractivity (Wildman–Crippen MR) is 87.9 cm³/mol. The minimum atomic E-state index is -3.68. The third-order valence-corrected chi connectivity index (χ3v) is 6.17. The van der Waals surface area contributed by atoms with Crippen LogP contribution in [0.25, 0.3) is 0 Å². The molecule has 0 radical (unpaired) electrons. The zero-order chi connectivity index (χ0) is 16.4. The molecule has 3 rings (SSSR count). The maximum absolute atomic E-state index is 13.4. The molecule has 0 aromatic heterocycles. The molecule has 1 atom stereocenters. The van der Waals surface area contributed by atoms with Crippen LogP contribution >= 0.6 is 0 Å². The van der Waals surface area contributed by atoms with Crippen molar-refractivity contribution in [3.63, 3.8) is 0 Å². The number of benzene rings is 2. The van der Waals surface area contributed by atoms with E-state index in [1.165, 1.54) is 23.8 Å². The van der Waals surface area contributed by atoms with Crippen molar-refractivity contribution >= 4 is 9.84 Å². The molecule has 0 aliphatic heterocycles. The first-order valence-corrected chi connectivity index (χ1v) is 9.29. The Balaban J connectivity index is 2.01. The summed E-state index contributed by atoms with van der Waals surface area (Å²) in [7, 11) is -1.75. The van der Waals surface area contributed by atoms with Gasteiger partial charge in [0.1, 0.15) is 5.82 Å². The lowest BCUT2D eigenvalue weighted by Gasteiger charge is -2.25. The van der Waals surface area contributed by atoms with Crippen molar-refractivity contribution in [1.29, 1.82) is 0 Å². The molecule has 0 spiro atoms. The van der Waals surface area contributed by atoms with Crippen molar-refractivity contribution in [2.24, 2.45) is 0 Å². The van der Waals surface area contributed by atoms with Gasteiger partial charge in [-0.1, -0.05) is 12.1 Å². The van der Waals surface area contributed by atoms with Crippen molar-refractivity contribution in [3.8, 4) is 0 Å². The Kier molecular flexibility index (Phi) is 4.50. The summed E-state index contributed by atoms with van der Waals surface area (Å²) < 4.78 is 38.8. The number of likely N-dealkylation sites (N-methyl/N-ethyl adjacent to an activating group) is 1. The number of hydrogen-bond acceptors (Lipinski definition) is 3. The van der Waals surface area contributed by atoms with Crippen LogP contribution in [0.2, 0.25) is 0 Å². The molecule has 122 valence electrons. The van der Waals surface area contributed by atoms with Crippen molar-refractivity contribution < 1.29 is 12.8 Å². The van der Waals surface area contributed by atoms with E-state index in [4.69, 9.17) is 0 Å². The van der Waals surface area contributed by atoms with Crippen LogP contribution in [0, 0.1) is 5.82 Å². The Labute approximate surface area is 136 Å². The lowest BCUT2D eigenvalue weighted by molar-refractivity contribution is 0.527. The molecule has 5 heteroatoms. The van der Waals surface area contributed by atoms with Crippen LogP contribution in [-0.2, 0) is 16.3 Å². The summed E-state index contributed by atoms with van der Waals surface area (Å²) in [5.41, 5.74) is 2.32. The molecule has 1 aliphatic carbocycles. The highest BCUT2D eigenvalue weighted by atomic mass is 32.2. The number of fused-ring (bicyclic) bond motifs is 1. The van der Waals surface area contributed by atoms with E-state index in [1.54, 1.807) is 12.1 Å². The van der Waals surface area contributed by atoms with E-state index >= 15 is 0 Å². The van der Waals surface area contributed by atoms with Gasteiger partial charge in [0, 0.05) is 6.54 Å². The average molecular weight is 333 g/mol. The van der Waals surface area contributed by atoms with Gasteiger partial charge < -0.3 is 5.32 Å². The number of rotatable bonds is 4. The number of halogens is 1. The summed E-state index contributed by atoms with van der Waals surface area (Å²) in [6.45, 7) is 0.892. The van der Waals surface area contributed by atoms with Crippen LogP contribution in [0.1, 0.15) is 29.9 Å². The minimum Gasteiger partial charge on any atom is -0.319 e. The Morgan fingerprint density at radius 3 is 2.70 bits per heavy atom. The quantitative estimate of drug-likeness (QED) is 0.934. The molecule has 1 N–H and O–H groups in total. The molecular weight excluding hydrogens is 313 g/mol. The molecule has 0 amide bonds. The van der Waals surface area contributed by atoms with E-state index < -0.39 is 15.7 Å². The monoisotopic (exact) mass is 333 g/mol. The second-order valence-electron chi connectivity index (χ2n) is 5.97. The Hall–Kier alpha value is -1.72. The molecule has 23 heavy (non-hydrogen) atoms. The van der Waals surface area contributed by atoms with Crippen LogP contribution in [0.15, 0.2) is 52.3 Å². The van der Waals surface area contributed by atoms with Gasteiger partial charge in [-0.25, -0.2) is 12.8 Å². The highest BCUT2D eigenvalue weighted by Crippen LogP contribution is 2.33. The second-order valence-corrected chi connectivity index (χ2v) is 7.92. The average Bonchev–Trinajstić information content (AvgIpc) is 2.55. The summed E-state index contributed by atoms with van der Waals surface area (Å²) in [5, 5.41) is 3.20. The summed E-state index contributed by atoms with van der Waals surface area (Å²) in [6, 6.07) is 10.5.